The molecule has 1 aromatic carbocycles. The summed E-state index contributed by atoms with van der Waals surface area (Å²) in [6.45, 7) is 7.41. The molecule has 0 atom stereocenters. The van der Waals surface area contributed by atoms with Gasteiger partial charge in [-0.05, 0) is 32.9 Å². The van der Waals surface area contributed by atoms with Crippen molar-refractivity contribution in [3.05, 3.63) is 36.2 Å². The molecular formula is C14H17N3. The van der Waals surface area contributed by atoms with Crippen LogP contribution in [0.5, 0.6) is 0 Å². The Morgan fingerprint density at radius 2 is 1.82 bits per heavy atom. The molecular weight excluding hydrogens is 210 g/mol. The van der Waals surface area contributed by atoms with Crippen molar-refractivity contribution in [3.63, 3.8) is 0 Å². The molecule has 0 aromatic heterocycles. The third-order valence-electron chi connectivity index (χ3n) is 3.17. The van der Waals surface area contributed by atoms with E-state index in [1.54, 1.807) is 0 Å². The van der Waals surface area contributed by atoms with Crippen LogP contribution in [0.15, 0.2) is 41.2 Å². The highest BCUT2D eigenvalue weighted by Gasteiger charge is 2.30. The SMILES string of the molecule is CC(C)(C)N1C=C2C=NCN2c2ccccc21. The Morgan fingerprint density at radius 3 is 2.53 bits per heavy atom. The van der Waals surface area contributed by atoms with E-state index in [4.69, 9.17) is 0 Å². The van der Waals surface area contributed by atoms with Crippen molar-refractivity contribution < 1.29 is 0 Å². The number of anilines is 2. The molecule has 3 heteroatoms. The van der Waals surface area contributed by atoms with Crippen LogP contribution in [0.4, 0.5) is 11.4 Å². The van der Waals surface area contributed by atoms with Gasteiger partial charge in [0.05, 0.1) is 17.1 Å². The van der Waals surface area contributed by atoms with E-state index in [0.717, 1.165) is 6.67 Å². The topological polar surface area (TPSA) is 18.8 Å². The number of hydrogen-bond donors (Lipinski definition) is 0. The normalized spacial score (nSPS) is 17.9. The highest BCUT2D eigenvalue weighted by molar-refractivity contribution is 5.93. The Bertz CT molecular complexity index is 508. The molecule has 17 heavy (non-hydrogen) atoms. The van der Waals surface area contributed by atoms with Gasteiger partial charge in [-0.15, -0.1) is 0 Å². The van der Waals surface area contributed by atoms with Crippen LogP contribution in [0.25, 0.3) is 0 Å². The molecule has 0 amide bonds. The Balaban J connectivity index is 2.17. The first-order valence-electron chi connectivity index (χ1n) is 5.95. The molecule has 0 saturated heterocycles. The van der Waals surface area contributed by atoms with Gasteiger partial charge < -0.3 is 9.80 Å². The van der Waals surface area contributed by atoms with Crippen LogP contribution in [0, 0.1) is 0 Å². The zero-order valence-electron chi connectivity index (χ0n) is 10.5. The van der Waals surface area contributed by atoms with Gasteiger partial charge in [-0.1, -0.05) is 12.1 Å². The second-order valence-electron chi connectivity index (χ2n) is 5.46. The fourth-order valence-corrected chi connectivity index (χ4v) is 2.34. The molecule has 88 valence electrons. The van der Waals surface area contributed by atoms with Crippen molar-refractivity contribution in [2.45, 2.75) is 26.3 Å². The molecule has 0 spiro atoms. The highest BCUT2D eigenvalue weighted by atomic mass is 15.3. The van der Waals surface area contributed by atoms with Gasteiger partial charge in [-0.2, -0.15) is 0 Å². The van der Waals surface area contributed by atoms with E-state index in [0.29, 0.717) is 0 Å². The lowest BCUT2D eigenvalue weighted by Crippen LogP contribution is -2.41. The first-order valence-corrected chi connectivity index (χ1v) is 5.95. The Morgan fingerprint density at radius 1 is 1.12 bits per heavy atom. The van der Waals surface area contributed by atoms with Crippen LogP contribution in [0.2, 0.25) is 0 Å². The van der Waals surface area contributed by atoms with Crippen LogP contribution in [0.1, 0.15) is 20.8 Å². The van der Waals surface area contributed by atoms with Gasteiger partial charge in [-0.3, -0.25) is 4.99 Å². The van der Waals surface area contributed by atoms with Crippen LogP contribution in [-0.2, 0) is 0 Å². The van der Waals surface area contributed by atoms with Crippen molar-refractivity contribution in [3.8, 4) is 0 Å². The first kappa shape index (κ1) is 10.4. The molecule has 0 fully saturated rings. The maximum atomic E-state index is 4.35. The van der Waals surface area contributed by atoms with Crippen LogP contribution < -0.4 is 9.80 Å². The minimum Gasteiger partial charge on any atom is -0.339 e. The number of rotatable bonds is 0. The lowest BCUT2D eigenvalue weighted by molar-refractivity contribution is 0.552. The molecule has 0 bridgehead atoms. The van der Waals surface area contributed by atoms with Gasteiger partial charge >= 0.3 is 0 Å². The van der Waals surface area contributed by atoms with Gasteiger partial charge in [0.25, 0.3) is 0 Å². The lowest BCUT2D eigenvalue weighted by Gasteiger charge is -2.41. The molecule has 2 aliphatic heterocycles. The summed E-state index contributed by atoms with van der Waals surface area (Å²) in [6.07, 6.45) is 4.15. The Hall–Kier alpha value is -1.77. The van der Waals surface area contributed by atoms with Crippen molar-refractivity contribution in [2.75, 3.05) is 16.5 Å². The van der Waals surface area contributed by atoms with E-state index < -0.39 is 0 Å². The fourth-order valence-electron chi connectivity index (χ4n) is 2.34. The summed E-state index contributed by atoms with van der Waals surface area (Å²) in [7, 11) is 0. The monoisotopic (exact) mass is 227 g/mol. The van der Waals surface area contributed by atoms with Crippen LogP contribution in [-0.4, -0.2) is 18.4 Å². The molecule has 0 N–H and O–H groups in total. The van der Waals surface area contributed by atoms with E-state index in [1.807, 2.05) is 6.21 Å². The number of nitrogens with zero attached hydrogens (tertiary/aromatic N) is 3. The summed E-state index contributed by atoms with van der Waals surface area (Å²) in [5.74, 6) is 0. The van der Waals surface area contributed by atoms with Gasteiger partial charge in [0.1, 0.15) is 6.67 Å². The number of aliphatic imine (C=N–C) groups is 1. The quantitative estimate of drug-likeness (QED) is 0.678. The number of benzene rings is 1. The van der Waals surface area contributed by atoms with Crippen molar-refractivity contribution in [2.24, 2.45) is 4.99 Å². The number of fused-ring (bicyclic) bond motifs is 3. The maximum Gasteiger partial charge on any atom is 0.115 e. The van der Waals surface area contributed by atoms with E-state index in [2.05, 4.69) is 66.0 Å². The summed E-state index contributed by atoms with van der Waals surface area (Å²) in [5.41, 5.74) is 3.76. The third-order valence-corrected chi connectivity index (χ3v) is 3.17. The molecule has 3 nitrogen and oxygen atoms in total. The molecule has 2 aliphatic rings. The summed E-state index contributed by atoms with van der Waals surface area (Å²) in [6, 6.07) is 8.51. The summed E-state index contributed by atoms with van der Waals surface area (Å²) in [4.78, 5) is 8.92. The summed E-state index contributed by atoms with van der Waals surface area (Å²) >= 11 is 0. The smallest absolute Gasteiger partial charge is 0.115 e. The van der Waals surface area contributed by atoms with Crippen molar-refractivity contribution in [1.29, 1.82) is 0 Å². The predicted molar refractivity (Wildman–Crippen MR) is 72.6 cm³/mol. The highest BCUT2D eigenvalue weighted by Crippen LogP contribution is 2.40. The standard InChI is InChI=1S/C14H17N3/c1-14(2,3)17-9-11-8-15-10-16(11)12-6-4-5-7-13(12)17/h4-9H,10H2,1-3H3. The van der Waals surface area contributed by atoms with Crippen LogP contribution >= 0.6 is 0 Å². The van der Waals surface area contributed by atoms with Crippen molar-refractivity contribution >= 4 is 17.6 Å². The predicted octanol–water partition coefficient (Wildman–Crippen LogP) is 2.99. The maximum absolute atomic E-state index is 4.35. The van der Waals surface area contributed by atoms with Gasteiger partial charge in [-0.25, -0.2) is 0 Å². The van der Waals surface area contributed by atoms with E-state index in [-0.39, 0.29) is 5.54 Å². The largest absolute Gasteiger partial charge is 0.339 e. The van der Waals surface area contributed by atoms with E-state index in [1.165, 1.54) is 17.1 Å². The average molecular weight is 227 g/mol. The van der Waals surface area contributed by atoms with Gasteiger partial charge in [0.2, 0.25) is 0 Å². The summed E-state index contributed by atoms with van der Waals surface area (Å²) < 4.78 is 0. The zero-order valence-corrected chi connectivity index (χ0v) is 10.5. The molecule has 2 heterocycles. The minimum atomic E-state index is 0.0750. The average Bonchev–Trinajstić information content (AvgIpc) is 2.74. The molecule has 0 radical (unpaired) electrons. The second kappa shape index (κ2) is 3.36. The summed E-state index contributed by atoms with van der Waals surface area (Å²) in [5, 5.41) is 0. The molecule has 0 unspecified atom stereocenters. The number of para-hydroxylation sites is 2. The molecule has 0 saturated carbocycles. The van der Waals surface area contributed by atoms with E-state index in [9.17, 15) is 0 Å². The van der Waals surface area contributed by atoms with Crippen molar-refractivity contribution in [1.82, 2.24) is 0 Å². The minimum absolute atomic E-state index is 0.0750. The van der Waals surface area contributed by atoms with Crippen LogP contribution in [0.3, 0.4) is 0 Å². The Kier molecular flexibility index (Phi) is 2.05. The van der Waals surface area contributed by atoms with Gasteiger partial charge in [0.15, 0.2) is 0 Å². The molecule has 1 aromatic rings. The fraction of sp³-hybridized carbons (Fsp3) is 0.357. The lowest BCUT2D eigenvalue weighted by atomic mass is 10.0. The molecule has 0 aliphatic carbocycles. The first-order chi connectivity index (χ1) is 8.07. The number of hydrogen-bond acceptors (Lipinski definition) is 3. The molecule has 3 rings (SSSR count). The third kappa shape index (κ3) is 1.54. The second-order valence-corrected chi connectivity index (χ2v) is 5.46. The van der Waals surface area contributed by atoms with Gasteiger partial charge in [0, 0.05) is 18.0 Å². The number of allylic oxidation sites excluding steroid dienone is 1. The zero-order chi connectivity index (χ0) is 12.0. The Labute approximate surface area is 102 Å². The van der Waals surface area contributed by atoms with E-state index >= 15 is 0 Å².